The summed E-state index contributed by atoms with van der Waals surface area (Å²) in [4.78, 5) is 3.03. The smallest absolute Gasteiger partial charge is 0.398 e. The predicted octanol–water partition coefficient (Wildman–Crippen LogP) is 3.22. The predicted molar refractivity (Wildman–Crippen MR) is 51.3 cm³/mol. The van der Waals surface area contributed by atoms with Crippen LogP contribution >= 0.6 is 22.6 Å². The van der Waals surface area contributed by atoms with Gasteiger partial charge in [0.05, 0.1) is 5.56 Å². The van der Waals surface area contributed by atoms with Crippen molar-refractivity contribution in [1.82, 2.24) is 4.98 Å². The van der Waals surface area contributed by atoms with Crippen LogP contribution in [0.1, 0.15) is 17.7 Å². The number of nitrogens with two attached hydrogens (primary N) is 1. The van der Waals surface area contributed by atoms with Gasteiger partial charge in [-0.05, 0) is 28.7 Å². The van der Waals surface area contributed by atoms with Gasteiger partial charge in [0.15, 0.2) is 5.69 Å². The van der Waals surface area contributed by atoms with E-state index in [4.69, 9.17) is 5.73 Å². The summed E-state index contributed by atoms with van der Waals surface area (Å²) in [5.41, 5.74) is 1.61. The van der Waals surface area contributed by atoms with Crippen LogP contribution in [-0.4, -0.2) is 4.98 Å². The van der Waals surface area contributed by atoms with Crippen molar-refractivity contribution in [2.75, 3.05) is 5.73 Å². The maximum absolute atomic E-state index is 12.3. The number of nitrogen functional groups attached to an aromatic ring is 1. The minimum Gasteiger partial charge on any atom is -0.398 e. The summed E-state index contributed by atoms with van der Waals surface area (Å²) in [6.07, 6.45) is -8.23. The first kappa shape index (κ1) is 12.4. The molecule has 0 saturated heterocycles. The molecule has 0 spiro atoms. The molecule has 2 nitrogen and oxygen atoms in total. The zero-order valence-corrected chi connectivity index (χ0v) is 9.10. The van der Waals surface area contributed by atoms with Crippen molar-refractivity contribution >= 4 is 28.3 Å². The third-order valence-electron chi connectivity index (χ3n) is 1.55. The second-order valence-electron chi connectivity index (χ2n) is 2.59. The average Bonchev–Trinajstić information content (AvgIpc) is 1.99. The van der Waals surface area contributed by atoms with Gasteiger partial charge >= 0.3 is 6.18 Å². The molecule has 0 bridgehead atoms. The van der Waals surface area contributed by atoms with Crippen LogP contribution in [-0.2, 0) is 6.18 Å². The Balaban J connectivity index is 3.47. The lowest BCUT2D eigenvalue weighted by atomic mass is 10.1. The third kappa shape index (κ3) is 2.67. The van der Waals surface area contributed by atoms with Gasteiger partial charge in [0.1, 0.15) is 3.70 Å². The molecule has 0 saturated carbocycles. The van der Waals surface area contributed by atoms with E-state index >= 15 is 0 Å². The molecule has 0 radical (unpaired) electrons. The third-order valence-corrected chi connectivity index (χ3v) is 2.10. The number of anilines is 1. The molecule has 1 rings (SSSR count). The lowest BCUT2D eigenvalue weighted by Crippen LogP contribution is -2.15. The van der Waals surface area contributed by atoms with Gasteiger partial charge in [-0.2, -0.15) is 13.2 Å². The van der Waals surface area contributed by atoms with Crippen LogP contribution in [0.25, 0.3) is 0 Å². The van der Waals surface area contributed by atoms with E-state index in [1.165, 1.54) is 22.6 Å². The standard InChI is InChI=1S/C7H4F5IN2/c8-6(9)4-2(14)1-3(13)15-5(4)7(10,11)12/h1,6H,(H2,14,15). The summed E-state index contributed by atoms with van der Waals surface area (Å²) in [5, 5.41) is 0. The van der Waals surface area contributed by atoms with E-state index in [1.54, 1.807) is 0 Å². The van der Waals surface area contributed by atoms with Crippen molar-refractivity contribution in [2.45, 2.75) is 12.6 Å². The minimum absolute atomic E-state index is 0.0816. The topological polar surface area (TPSA) is 38.9 Å². The fraction of sp³-hybridized carbons (Fsp3) is 0.286. The number of pyridine rings is 1. The highest BCUT2D eigenvalue weighted by Gasteiger charge is 2.39. The van der Waals surface area contributed by atoms with E-state index in [2.05, 4.69) is 4.98 Å². The quantitative estimate of drug-likeness (QED) is 0.485. The van der Waals surface area contributed by atoms with E-state index in [0.717, 1.165) is 6.07 Å². The van der Waals surface area contributed by atoms with Crippen LogP contribution in [0.4, 0.5) is 27.6 Å². The molecule has 1 heterocycles. The summed E-state index contributed by atoms with van der Waals surface area (Å²) in [6, 6.07) is 0.970. The Morgan fingerprint density at radius 3 is 2.27 bits per heavy atom. The van der Waals surface area contributed by atoms with E-state index in [-0.39, 0.29) is 3.70 Å². The summed E-state index contributed by atoms with van der Waals surface area (Å²) >= 11 is 1.48. The fourth-order valence-corrected chi connectivity index (χ4v) is 1.56. The van der Waals surface area contributed by atoms with Crippen LogP contribution in [0.15, 0.2) is 6.07 Å². The number of hydrogen-bond donors (Lipinski definition) is 1. The molecule has 0 unspecified atom stereocenters. The SMILES string of the molecule is Nc1cc(I)nc(C(F)(F)F)c1C(F)F. The van der Waals surface area contributed by atoms with Crippen molar-refractivity contribution in [2.24, 2.45) is 0 Å². The largest absolute Gasteiger partial charge is 0.433 e. The molecule has 2 N–H and O–H groups in total. The normalized spacial score (nSPS) is 12.2. The van der Waals surface area contributed by atoms with Crippen molar-refractivity contribution in [1.29, 1.82) is 0 Å². The van der Waals surface area contributed by atoms with Gasteiger partial charge in [-0.25, -0.2) is 13.8 Å². The highest BCUT2D eigenvalue weighted by atomic mass is 127. The molecule has 0 aliphatic heterocycles. The van der Waals surface area contributed by atoms with Gasteiger partial charge in [-0.3, -0.25) is 0 Å². The summed E-state index contributed by atoms with van der Waals surface area (Å²) < 4.78 is 61.5. The Morgan fingerprint density at radius 2 is 1.87 bits per heavy atom. The summed E-state index contributed by atoms with van der Waals surface area (Å²) in [5.74, 6) is 0. The van der Waals surface area contributed by atoms with Gasteiger partial charge in [0.25, 0.3) is 6.43 Å². The molecule has 0 atom stereocenters. The first-order valence-corrected chi connectivity index (χ1v) is 4.62. The molecule has 0 aliphatic rings. The van der Waals surface area contributed by atoms with E-state index in [1.807, 2.05) is 0 Å². The number of rotatable bonds is 1. The van der Waals surface area contributed by atoms with Gasteiger partial charge in [0.2, 0.25) is 0 Å². The zero-order valence-electron chi connectivity index (χ0n) is 6.95. The summed E-state index contributed by atoms with van der Waals surface area (Å²) in [7, 11) is 0. The number of aromatic nitrogens is 1. The fourth-order valence-electron chi connectivity index (χ4n) is 0.988. The maximum atomic E-state index is 12.3. The van der Waals surface area contributed by atoms with Crippen molar-refractivity contribution in [3.8, 4) is 0 Å². The summed E-state index contributed by atoms with van der Waals surface area (Å²) in [6.45, 7) is 0. The van der Waals surface area contributed by atoms with Crippen LogP contribution < -0.4 is 5.73 Å². The van der Waals surface area contributed by atoms with Crippen LogP contribution in [0.3, 0.4) is 0 Å². The molecule has 15 heavy (non-hydrogen) atoms. The Morgan fingerprint density at radius 1 is 1.33 bits per heavy atom. The molecule has 1 aromatic heterocycles. The molecular weight excluding hydrogens is 334 g/mol. The number of alkyl halides is 5. The maximum Gasteiger partial charge on any atom is 0.433 e. The highest BCUT2D eigenvalue weighted by Crippen LogP contribution is 2.38. The number of halogens is 6. The Bertz CT molecular complexity index is 376. The molecule has 0 fully saturated rings. The Kier molecular flexibility index (Phi) is 3.36. The van der Waals surface area contributed by atoms with E-state index < -0.39 is 29.5 Å². The minimum atomic E-state index is -4.93. The number of hydrogen-bond acceptors (Lipinski definition) is 2. The van der Waals surface area contributed by atoms with Crippen LogP contribution in [0.5, 0.6) is 0 Å². The molecule has 84 valence electrons. The average molecular weight is 338 g/mol. The first-order chi connectivity index (χ1) is 6.73. The monoisotopic (exact) mass is 338 g/mol. The van der Waals surface area contributed by atoms with Crippen molar-refractivity contribution in [3.63, 3.8) is 0 Å². The van der Waals surface area contributed by atoms with Gasteiger partial charge in [0, 0.05) is 5.69 Å². The van der Waals surface area contributed by atoms with Crippen LogP contribution in [0, 0.1) is 3.70 Å². The van der Waals surface area contributed by atoms with E-state index in [9.17, 15) is 22.0 Å². The van der Waals surface area contributed by atoms with E-state index in [0.29, 0.717) is 0 Å². The van der Waals surface area contributed by atoms with Crippen LogP contribution in [0.2, 0.25) is 0 Å². The van der Waals surface area contributed by atoms with Gasteiger partial charge in [-0.1, -0.05) is 0 Å². The molecule has 0 aliphatic carbocycles. The Labute approximate surface area is 94.8 Å². The lowest BCUT2D eigenvalue weighted by molar-refractivity contribution is -0.143. The Hall–Kier alpha value is -0.670. The zero-order chi connectivity index (χ0) is 11.8. The molecule has 0 amide bonds. The first-order valence-electron chi connectivity index (χ1n) is 3.54. The number of nitrogens with zero attached hydrogens (tertiary/aromatic N) is 1. The molecular formula is C7H4F5IN2. The van der Waals surface area contributed by atoms with Crippen molar-refractivity contribution < 1.29 is 22.0 Å². The molecule has 8 heteroatoms. The molecule has 0 aromatic carbocycles. The van der Waals surface area contributed by atoms with Gasteiger partial charge in [-0.15, -0.1) is 0 Å². The van der Waals surface area contributed by atoms with Crippen molar-refractivity contribution in [3.05, 3.63) is 21.0 Å². The molecule has 1 aromatic rings. The second kappa shape index (κ2) is 4.06. The van der Waals surface area contributed by atoms with Gasteiger partial charge < -0.3 is 5.73 Å². The second-order valence-corrected chi connectivity index (χ2v) is 3.70. The highest BCUT2D eigenvalue weighted by molar-refractivity contribution is 14.1. The lowest BCUT2D eigenvalue weighted by Gasteiger charge is -2.13.